The van der Waals surface area contributed by atoms with E-state index < -0.39 is 53.6 Å². The molecule has 0 aliphatic carbocycles. The molecule has 0 spiro atoms. The van der Waals surface area contributed by atoms with Gasteiger partial charge in [0.25, 0.3) is 0 Å². The fourth-order valence-corrected chi connectivity index (χ4v) is 4.14. The van der Waals surface area contributed by atoms with E-state index in [9.17, 15) is 24.4 Å². The number of nitrogens with zero attached hydrogens (tertiary/aromatic N) is 2. The molecule has 2 aliphatic rings. The topological polar surface area (TPSA) is 126 Å². The second-order valence-corrected chi connectivity index (χ2v) is 6.81. The molecule has 0 aromatic heterocycles. The van der Waals surface area contributed by atoms with Gasteiger partial charge in [0.1, 0.15) is 5.54 Å². The van der Waals surface area contributed by atoms with Crippen LogP contribution >= 0.6 is 0 Å². The van der Waals surface area contributed by atoms with Crippen LogP contribution in [-0.2, 0) is 28.7 Å². The first kappa shape index (κ1) is 19.5. The predicted octanol–water partition coefficient (Wildman–Crippen LogP) is -0.0915. The van der Waals surface area contributed by atoms with Crippen molar-refractivity contribution < 1.29 is 28.7 Å². The summed E-state index contributed by atoms with van der Waals surface area (Å²) in [5, 5.41) is 12.2. The third-order valence-corrected chi connectivity index (χ3v) is 5.45. The van der Waals surface area contributed by atoms with Crippen molar-refractivity contribution in [2.24, 2.45) is 11.8 Å². The summed E-state index contributed by atoms with van der Waals surface area (Å²) < 4.78 is 9.60. The van der Waals surface area contributed by atoms with Crippen molar-refractivity contribution in [1.29, 1.82) is 5.26 Å². The average molecular weight is 385 g/mol. The zero-order valence-electron chi connectivity index (χ0n) is 15.6. The average Bonchev–Trinajstić information content (AvgIpc) is 3.17. The number of methoxy groups -OCH3 is 2. The maximum Gasteiger partial charge on any atom is 0.327 e. The van der Waals surface area contributed by atoms with Crippen LogP contribution in [0, 0.1) is 23.2 Å². The third kappa shape index (κ3) is 2.73. The lowest BCUT2D eigenvalue weighted by molar-refractivity contribution is -0.159. The van der Waals surface area contributed by atoms with Crippen molar-refractivity contribution in [3.05, 3.63) is 35.4 Å². The quantitative estimate of drug-likeness (QED) is 0.563. The van der Waals surface area contributed by atoms with Crippen molar-refractivity contribution in [3.8, 4) is 6.07 Å². The standard InChI is InChI=1S/C19H19N3O6/c1-22-16(24)13-14(17(22)25)19(18(26)28-3,8-12(23)27-2)21-15(13)11-6-4-5-10(7-11)9-20/h4-7,13-15,21H,8H2,1-3H3/t13-,14-,15-,19-/m0/s1. The zero-order chi connectivity index (χ0) is 20.6. The number of benzene rings is 1. The third-order valence-electron chi connectivity index (χ3n) is 5.45. The van der Waals surface area contributed by atoms with Gasteiger partial charge in [-0.1, -0.05) is 12.1 Å². The Morgan fingerprint density at radius 3 is 2.57 bits per heavy atom. The summed E-state index contributed by atoms with van der Waals surface area (Å²) in [6, 6.07) is 7.78. The number of hydrogen-bond donors (Lipinski definition) is 1. The molecule has 0 saturated carbocycles. The van der Waals surface area contributed by atoms with E-state index in [1.165, 1.54) is 14.2 Å². The summed E-state index contributed by atoms with van der Waals surface area (Å²) in [4.78, 5) is 51.5. The highest BCUT2D eigenvalue weighted by atomic mass is 16.5. The lowest BCUT2D eigenvalue weighted by atomic mass is 9.77. The zero-order valence-corrected chi connectivity index (χ0v) is 15.6. The molecule has 2 amide bonds. The number of nitrogens with one attached hydrogen (secondary N) is 1. The van der Waals surface area contributed by atoms with Gasteiger partial charge in [0.2, 0.25) is 11.8 Å². The van der Waals surface area contributed by atoms with Crippen LogP contribution < -0.4 is 5.32 Å². The van der Waals surface area contributed by atoms with Crippen LogP contribution in [0.2, 0.25) is 0 Å². The molecule has 0 bridgehead atoms. The van der Waals surface area contributed by atoms with Crippen LogP contribution in [0.3, 0.4) is 0 Å². The number of likely N-dealkylation sites (tertiary alicyclic amines) is 1. The second-order valence-electron chi connectivity index (χ2n) is 6.81. The number of ether oxygens (including phenoxy) is 2. The molecule has 2 fully saturated rings. The number of carbonyl (C=O) groups excluding carboxylic acids is 4. The Morgan fingerprint density at radius 1 is 1.25 bits per heavy atom. The Bertz CT molecular complexity index is 907. The van der Waals surface area contributed by atoms with Gasteiger partial charge in [0.05, 0.1) is 44.1 Å². The van der Waals surface area contributed by atoms with Gasteiger partial charge in [-0.05, 0) is 17.7 Å². The van der Waals surface area contributed by atoms with Crippen LogP contribution in [-0.4, -0.2) is 55.5 Å². The highest BCUT2D eigenvalue weighted by molar-refractivity contribution is 6.10. The maximum absolute atomic E-state index is 12.9. The molecule has 2 heterocycles. The summed E-state index contributed by atoms with van der Waals surface area (Å²) in [5.41, 5.74) is -0.831. The molecule has 0 unspecified atom stereocenters. The molecule has 9 heteroatoms. The van der Waals surface area contributed by atoms with Gasteiger partial charge in [-0.3, -0.25) is 29.4 Å². The largest absolute Gasteiger partial charge is 0.469 e. The molecular weight excluding hydrogens is 366 g/mol. The molecule has 0 radical (unpaired) electrons. The second kappa shape index (κ2) is 7.05. The first-order valence-electron chi connectivity index (χ1n) is 8.55. The molecule has 146 valence electrons. The van der Waals surface area contributed by atoms with E-state index in [0.29, 0.717) is 11.1 Å². The fraction of sp³-hybridized carbons (Fsp3) is 0.421. The molecule has 3 rings (SSSR count). The van der Waals surface area contributed by atoms with Gasteiger partial charge in [-0.25, -0.2) is 0 Å². The highest BCUT2D eigenvalue weighted by Gasteiger charge is 2.68. The van der Waals surface area contributed by atoms with E-state index in [4.69, 9.17) is 9.47 Å². The Balaban J connectivity index is 2.17. The molecule has 1 aromatic rings. The number of nitriles is 1. The van der Waals surface area contributed by atoms with Crippen molar-refractivity contribution >= 4 is 23.8 Å². The number of rotatable bonds is 4. The molecule has 4 atom stereocenters. The van der Waals surface area contributed by atoms with Crippen molar-refractivity contribution in [2.75, 3.05) is 21.3 Å². The van der Waals surface area contributed by atoms with Crippen LogP contribution in [0.25, 0.3) is 0 Å². The lowest BCUT2D eigenvalue weighted by Gasteiger charge is -2.31. The number of esters is 2. The minimum Gasteiger partial charge on any atom is -0.469 e. The Kier molecular flexibility index (Phi) is 4.91. The van der Waals surface area contributed by atoms with E-state index in [1.54, 1.807) is 24.3 Å². The van der Waals surface area contributed by atoms with Crippen molar-refractivity contribution in [1.82, 2.24) is 10.2 Å². The summed E-state index contributed by atoms with van der Waals surface area (Å²) in [7, 11) is 3.65. The van der Waals surface area contributed by atoms with Gasteiger partial charge < -0.3 is 9.47 Å². The van der Waals surface area contributed by atoms with E-state index in [2.05, 4.69) is 5.32 Å². The van der Waals surface area contributed by atoms with E-state index in [1.807, 2.05) is 6.07 Å². The van der Waals surface area contributed by atoms with Crippen LogP contribution in [0.1, 0.15) is 23.6 Å². The summed E-state index contributed by atoms with van der Waals surface area (Å²) in [6.45, 7) is 0. The Hall–Kier alpha value is -3.25. The summed E-state index contributed by atoms with van der Waals surface area (Å²) >= 11 is 0. The van der Waals surface area contributed by atoms with Crippen molar-refractivity contribution in [3.63, 3.8) is 0 Å². The number of fused-ring (bicyclic) bond motifs is 1. The maximum atomic E-state index is 12.9. The summed E-state index contributed by atoms with van der Waals surface area (Å²) in [5.74, 6) is -4.65. The summed E-state index contributed by atoms with van der Waals surface area (Å²) in [6.07, 6.45) is -0.474. The van der Waals surface area contributed by atoms with Crippen molar-refractivity contribution in [2.45, 2.75) is 18.0 Å². The first-order chi connectivity index (χ1) is 13.3. The molecular formula is C19H19N3O6. The monoisotopic (exact) mass is 385 g/mol. The fourth-order valence-electron chi connectivity index (χ4n) is 4.14. The number of hydrogen-bond acceptors (Lipinski definition) is 8. The van der Waals surface area contributed by atoms with Gasteiger partial charge in [0.15, 0.2) is 0 Å². The molecule has 2 saturated heterocycles. The minimum absolute atomic E-state index is 0.365. The molecule has 9 nitrogen and oxygen atoms in total. The molecule has 2 aliphatic heterocycles. The SMILES string of the molecule is COC(=O)C[C@]1(C(=O)OC)N[C@@H](c2cccc(C#N)c2)[C@H]2C(=O)N(C)C(=O)[C@H]21. The Labute approximate surface area is 161 Å². The number of amides is 2. The van der Waals surface area contributed by atoms with Gasteiger partial charge in [0, 0.05) is 13.1 Å². The molecule has 1 aromatic carbocycles. The van der Waals surface area contributed by atoms with Gasteiger partial charge in [-0.2, -0.15) is 5.26 Å². The van der Waals surface area contributed by atoms with Crippen LogP contribution in [0.15, 0.2) is 24.3 Å². The smallest absolute Gasteiger partial charge is 0.327 e. The van der Waals surface area contributed by atoms with Crippen LogP contribution in [0.5, 0.6) is 0 Å². The normalized spacial score (nSPS) is 28.6. The van der Waals surface area contributed by atoms with E-state index >= 15 is 0 Å². The first-order valence-corrected chi connectivity index (χ1v) is 8.55. The predicted molar refractivity (Wildman–Crippen MR) is 93.2 cm³/mol. The molecule has 28 heavy (non-hydrogen) atoms. The highest BCUT2D eigenvalue weighted by Crippen LogP contribution is 2.50. The van der Waals surface area contributed by atoms with Gasteiger partial charge >= 0.3 is 11.9 Å². The van der Waals surface area contributed by atoms with E-state index in [-0.39, 0.29) is 0 Å². The minimum atomic E-state index is -1.75. The van der Waals surface area contributed by atoms with Gasteiger partial charge in [-0.15, -0.1) is 0 Å². The lowest BCUT2D eigenvalue weighted by Crippen LogP contribution is -2.57. The van der Waals surface area contributed by atoms with E-state index in [0.717, 1.165) is 12.0 Å². The Morgan fingerprint density at radius 2 is 1.96 bits per heavy atom. The van der Waals surface area contributed by atoms with Crippen LogP contribution in [0.4, 0.5) is 0 Å². The number of carbonyl (C=O) groups is 4. The number of imide groups is 1. The molecule has 1 N–H and O–H groups in total.